The molecule has 0 saturated heterocycles. The number of rotatable bonds is 1. The average Bonchev–Trinajstić information content (AvgIpc) is 2.47. The molecule has 0 aliphatic heterocycles. The van der Waals surface area contributed by atoms with Gasteiger partial charge in [0, 0.05) is 12.6 Å². The Bertz CT molecular complexity index is 919. The van der Waals surface area contributed by atoms with Crippen LogP contribution in [-0.2, 0) is 7.05 Å². The third kappa shape index (κ3) is 2.23. The van der Waals surface area contributed by atoms with Crippen molar-refractivity contribution in [2.75, 3.05) is 5.73 Å². The second kappa shape index (κ2) is 4.82. The summed E-state index contributed by atoms with van der Waals surface area (Å²) >= 11 is 6.10. The van der Waals surface area contributed by atoms with Crippen LogP contribution in [0.4, 0.5) is 5.95 Å². The van der Waals surface area contributed by atoms with E-state index < -0.39 is 0 Å². The molecule has 2 aromatic heterocycles. The first-order chi connectivity index (χ1) is 9.97. The molecule has 0 unspecified atom stereocenters. The molecule has 0 bridgehead atoms. The van der Waals surface area contributed by atoms with Crippen molar-refractivity contribution in [3.8, 4) is 11.3 Å². The van der Waals surface area contributed by atoms with Crippen molar-refractivity contribution < 1.29 is 0 Å². The highest BCUT2D eigenvalue weighted by Gasteiger charge is 2.10. The largest absolute Gasteiger partial charge is 0.368 e. The number of aromatic nitrogens is 4. The molecule has 0 aliphatic rings. The first-order valence-corrected chi connectivity index (χ1v) is 6.61. The van der Waals surface area contributed by atoms with E-state index in [1.807, 2.05) is 0 Å². The van der Waals surface area contributed by atoms with Crippen LogP contribution < -0.4 is 11.3 Å². The third-order valence-corrected chi connectivity index (χ3v) is 3.61. The minimum atomic E-state index is -0.0858. The topological polar surface area (TPSA) is 86.7 Å². The highest BCUT2D eigenvalue weighted by Crippen LogP contribution is 2.27. The van der Waals surface area contributed by atoms with Crippen LogP contribution in [0.2, 0.25) is 5.02 Å². The van der Waals surface area contributed by atoms with E-state index in [2.05, 4.69) is 15.0 Å². The maximum atomic E-state index is 12.2. The van der Waals surface area contributed by atoms with Crippen LogP contribution in [0.15, 0.2) is 29.2 Å². The van der Waals surface area contributed by atoms with Crippen LogP contribution in [0.5, 0.6) is 0 Å². The third-order valence-electron chi connectivity index (χ3n) is 3.34. The van der Waals surface area contributed by atoms with Crippen molar-refractivity contribution in [1.82, 2.24) is 19.5 Å². The lowest BCUT2D eigenvalue weighted by atomic mass is 10.1. The molecule has 1 aromatic carbocycles. The van der Waals surface area contributed by atoms with Crippen molar-refractivity contribution >= 4 is 28.5 Å². The van der Waals surface area contributed by atoms with Crippen LogP contribution in [0.3, 0.4) is 0 Å². The molecule has 0 atom stereocenters. The number of nitrogens with two attached hydrogens (primary N) is 1. The molecule has 3 aromatic rings. The van der Waals surface area contributed by atoms with Gasteiger partial charge in [-0.15, -0.1) is 0 Å². The van der Waals surface area contributed by atoms with Crippen molar-refractivity contribution in [3.63, 3.8) is 0 Å². The zero-order valence-electron chi connectivity index (χ0n) is 11.5. The smallest absolute Gasteiger partial charge is 0.261 e. The van der Waals surface area contributed by atoms with Gasteiger partial charge in [-0.05, 0) is 19.1 Å². The van der Waals surface area contributed by atoms with Gasteiger partial charge >= 0.3 is 0 Å². The molecule has 3 rings (SSSR count). The summed E-state index contributed by atoms with van der Waals surface area (Å²) in [7, 11) is 1.69. The Kier molecular flexibility index (Phi) is 3.10. The van der Waals surface area contributed by atoms with Gasteiger partial charge in [0.25, 0.3) is 5.56 Å². The number of nitrogen functional groups attached to an aromatic ring is 1. The lowest BCUT2D eigenvalue weighted by Gasteiger charge is -2.08. The van der Waals surface area contributed by atoms with E-state index in [0.29, 0.717) is 27.4 Å². The van der Waals surface area contributed by atoms with E-state index >= 15 is 0 Å². The molecular formula is C14H12ClN5O. The normalized spacial score (nSPS) is 11.0. The zero-order valence-corrected chi connectivity index (χ0v) is 12.2. The molecule has 2 N–H and O–H groups in total. The molecule has 0 saturated carbocycles. The number of anilines is 1. The molecule has 0 fully saturated rings. The predicted octanol–water partition coefficient (Wildman–Crippen LogP) is 1.93. The Morgan fingerprint density at radius 3 is 2.81 bits per heavy atom. The summed E-state index contributed by atoms with van der Waals surface area (Å²) < 4.78 is 1.51. The zero-order chi connectivity index (χ0) is 15.1. The standard InChI is InChI=1S/C14H12ClN5O/c1-7-18-11-5-8(3-4-9(11)13(21)20(7)2)12-10(15)6-17-14(16)19-12/h3-6H,1-2H3,(H2,16,17,19). The molecular weight excluding hydrogens is 290 g/mol. The maximum Gasteiger partial charge on any atom is 0.261 e. The van der Waals surface area contributed by atoms with Crippen molar-refractivity contribution in [2.24, 2.45) is 7.05 Å². The fourth-order valence-corrected chi connectivity index (χ4v) is 2.31. The van der Waals surface area contributed by atoms with Gasteiger partial charge in [-0.2, -0.15) is 0 Å². The van der Waals surface area contributed by atoms with Gasteiger partial charge in [0.2, 0.25) is 5.95 Å². The lowest BCUT2D eigenvalue weighted by molar-refractivity contribution is 0.792. The molecule has 2 heterocycles. The van der Waals surface area contributed by atoms with Gasteiger partial charge in [0.15, 0.2) is 0 Å². The summed E-state index contributed by atoms with van der Waals surface area (Å²) in [4.78, 5) is 24.6. The summed E-state index contributed by atoms with van der Waals surface area (Å²) in [6.45, 7) is 1.78. The highest BCUT2D eigenvalue weighted by molar-refractivity contribution is 6.33. The molecule has 21 heavy (non-hydrogen) atoms. The van der Waals surface area contributed by atoms with Gasteiger partial charge in [-0.3, -0.25) is 9.36 Å². The molecule has 0 radical (unpaired) electrons. The van der Waals surface area contributed by atoms with E-state index in [1.54, 1.807) is 32.2 Å². The Morgan fingerprint density at radius 2 is 2.05 bits per heavy atom. The van der Waals surface area contributed by atoms with E-state index in [-0.39, 0.29) is 11.5 Å². The van der Waals surface area contributed by atoms with Gasteiger partial charge in [-0.25, -0.2) is 15.0 Å². The summed E-state index contributed by atoms with van der Waals surface area (Å²) in [6.07, 6.45) is 1.45. The Hall–Kier alpha value is -2.47. The fraction of sp³-hybridized carbons (Fsp3) is 0.143. The van der Waals surface area contributed by atoms with Crippen LogP contribution in [0.25, 0.3) is 22.2 Å². The first kappa shape index (κ1) is 13.5. The SMILES string of the molecule is Cc1nc2cc(-c3nc(N)ncc3Cl)ccc2c(=O)n1C. The molecule has 0 aliphatic carbocycles. The van der Waals surface area contributed by atoms with Crippen molar-refractivity contribution in [2.45, 2.75) is 6.92 Å². The Morgan fingerprint density at radius 1 is 1.29 bits per heavy atom. The number of aryl methyl sites for hydroxylation is 1. The van der Waals surface area contributed by atoms with Crippen molar-refractivity contribution in [3.05, 3.63) is 45.6 Å². The first-order valence-electron chi connectivity index (χ1n) is 6.23. The summed E-state index contributed by atoms with van der Waals surface area (Å²) in [5, 5.41) is 0.939. The van der Waals surface area contributed by atoms with Gasteiger partial charge in [0.1, 0.15) is 5.82 Å². The van der Waals surface area contributed by atoms with E-state index in [9.17, 15) is 4.79 Å². The van der Waals surface area contributed by atoms with Crippen LogP contribution >= 0.6 is 11.6 Å². The predicted molar refractivity (Wildman–Crippen MR) is 82.2 cm³/mol. The number of hydrogen-bond donors (Lipinski definition) is 1. The summed E-state index contributed by atoms with van der Waals surface area (Å²) in [6, 6.07) is 5.26. The summed E-state index contributed by atoms with van der Waals surface area (Å²) in [5.74, 6) is 0.778. The molecule has 6 nitrogen and oxygen atoms in total. The van der Waals surface area contributed by atoms with Crippen LogP contribution in [0.1, 0.15) is 5.82 Å². The molecule has 106 valence electrons. The van der Waals surface area contributed by atoms with Gasteiger partial charge in [0.05, 0.1) is 27.8 Å². The fourth-order valence-electron chi connectivity index (χ4n) is 2.11. The second-order valence-electron chi connectivity index (χ2n) is 4.68. The van der Waals surface area contributed by atoms with Gasteiger partial charge < -0.3 is 5.73 Å². The lowest BCUT2D eigenvalue weighted by Crippen LogP contribution is -2.20. The minimum absolute atomic E-state index is 0.0858. The molecule has 7 heteroatoms. The number of halogens is 1. The second-order valence-corrected chi connectivity index (χ2v) is 5.09. The number of hydrogen-bond acceptors (Lipinski definition) is 5. The van der Waals surface area contributed by atoms with Crippen LogP contribution in [-0.4, -0.2) is 19.5 Å². The number of nitrogens with zero attached hydrogens (tertiary/aromatic N) is 4. The number of benzene rings is 1. The molecule has 0 spiro atoms. The minimum Gasteiger partial charge on any atom is -0.368 e. The molecule has 0 amide bonds. The Balaban J connectivity index is 2.29. The van der Waals surface area contributed by atoms with Crippen LogP contribution in [0, 0.1) is 6.92 Å². The summed E-state index contributed by atoms with van der Waals surface area (Å²) in [5.41, 5.74) is 7.37. The highest BCUT2D eigenvalue weighted by atomic mass is 35.5. The van der Waals surface area contributed by atoms with Gasteiger partial charge in [-0.1, -0.05) is 17.7 Å². The average molecular weight is 302 g/mol. The Labute approximate surface area is 125 Å². The van der Waals surface area contributed by atoms with E-state index in [4.69, 9.17) is 17.3 Å². The maximum absolute atomic E-state index is 12.2. The quantitative estimate of drug-likeness (QED) is 0.742. The van der Waals surface area contributed by atoms with E-state index in [1.165, 1.54) is 10.8 Å². The number of fused-ring (bicyclic) bond motifs is 1. The monoisotopic (exact) mass is 301 g/mol. The van der Waals surface area contributed by atoms with Crippen molar-refractivity contribution in [1.29, 1.82) is 0 Å². The van der Waals surface area contributed by atoms with E-state index in [0.717, 1.165) is 5.56 Å².